The number of nitrogens with one attached hydrogen (secondary N) is 1. The number of hydrogen-bond donors (Lipinski definition) is 1. The van der Waals surface area contributed by atoms with Crippen LogP contribution >= 0.6 is 27.7 Å². The highest BCUT2D eigenvalue weighted by atomic mass is 79.9. The smallest absolute Gasteiger partial charge is 0.259 e. The zero-order valence-electron chi connectivity index (χ0n) is 12.9. The summed E-state index contributed by atoms with van der Waals surface area (Å²) < 4.78 is 2.41. The Labute approximate surface area is 155 Å². The lowest BCUT2D eigenvalue weighted by Crippen LogP contribution is -2.08. The molecule has 1 N–H and O–H groups in total. The zero-order valence-corrected chi connectivity index (χ0v) is 15.3. The fourth-order valence-corrected chi connectivity index (χ4v) is 4.24. The van der Waals surface area contributed by atoms with Gasteiger partial charge < -0.3 is 4.98 Å². The first-order valence-corrected chi connectivity index (χ1v) is 9.48. The fraction of sp³-hybridized carbons (Fsp3) is 0.0556. The summed E-state index contributed by atoms with van der Waals surface area (Å²) in [7, 11) is 0. The van der Waals surface area contributed by atoms with E-state index in [-0.39, 0.29) is 5.91 Å². The lowest BCUT2D eigenvalue weighted by molar-refractivity contribution is 0.0923. The maximum Gasteiger partial charge on any atom is 0.259 e. The Morgan fingerprint density at radius 3 is 2.80 bits per heavy atom. The number of aromatic nitrogens is 4. The Hall–Kier alpha value is -2.38. The first-order chi connectivity index (χ1) is 12.2. The van der Waals surface area contributed by atoms with E-state index >= 15 is 0 Å². The normalized spacial score (nSPS) is 13.6. The second-order valence-corrected chi connectivity index (χ2v) is 7.60. The highest BCUT2D eigenvalue weighted by Crippen LogP contribution is 2.39. The number of benzene rings is 2. The van der Waals surface area contributed by atoms with Gasteiger partial charge in [0, 0.05) is 20.9 Å². The molecular formula is C18H11BrN4OS. The van der Waals surface area contributed by atoms with Gasteiger partial charge >= 0.3 is 0 Å². The van der Waals surface area contributed by atoms with E-state index in [0.29, 0.717) is 16.7 Å². The van der Waals surface area contributed by atoms with Crippen LogP contribution in [0.4, 0.5) is 0 Å². The van der Waals surface area contributed by atoms with Crippen molar-refractivity contribution in [3.05, 3.63) is 53.0 Å². The minimum absolute atomic E-state index is 0.0288. The molecule has 122 valence electrons. The number of carbonyl (C=O) groups is 1. The number of hydrogen-bond acceptors (Lipinski definition) is 4. The highest BCUT2D eigenvalue weighted by molar-refractivity contribution is 9.10. The summed E-state index contributed by atoms with van der Waals surface area (Å²) >= 11 is 4.97. The molecule has 1 aliphatic heterocycles. The van der Waals surface area contributed by atoms with E-state index in [0.717, 1.165) is 32.2 Å². The number of rotatable bonds is 2. The van der Waals surface area contributed by atoms with Crippen molar-refractivity contribution >= 4 is 44.5 Å². The Morgan fingerprint density at radius 1 is 1.16 bits per heavy atom. The van der Waals surface area contributed by atoms with E-state index in [4.69, 9.17) is 0 Å². The van der Waals surface area contributed by atoms with E-state index in [1.54, 1.807) is 0 Å². The van der Waals surface area contributed by atoms with Gasteiger partial charge in [-0.3, -0.25) is 4.79 Å². The summed E-state index contributed by atoms with van der Waals surface area (Å²) in [6.45, 7) is 0. The van der Waals surface area contributed by atoms with Crippen LogP contribution in [0.2, 0.25) is 0 Å². The van der Waals surface area contributed by atoms with Crippen molar-refractivity contribution in [3.63, 3.8) is 0 Å². The Morgan fingerprint density at radius 2 is 2.00 bits per heavy atom. The van der Waals surface area contributed by atoms with Crippen LogP contribution in [0, 0.1) is 0 Å². The van der Waals surface area contributed by atoms with Gasteiger partial charge in [0.25, 0.3) is 5.91 Å². The van der Waals surface area contributed by atoms with E-state index in [1.165, 1.54) is 16.4 Å². The third kappa shape index (κ3) is 2.34. The van der Waals surface area contributed by atoms with Crippen molar-refractivity contribution in [1.29, 1.82) is 0 Å². The molecule has 4 aromatic rings. The molecular weight excluding hydrogens is 400 g/mol. The van der Waals surface area contributed by atoms with Gasteiger partial charge in [-0.15, -0.1) is 5.10 Å². The van der Waals surface area contributed by atoms with Gasteiger partial charge in [-0.1, -0.05) is 58.0 Å². The van der Waals surface area contributed by atoms with Gasteiger partial charge in [0.2, 0.25) is 0 Å². The number of H-pyrrole nitrogens is 1. The second kappa shape index (κ2) is 5.57. The Kier molecular flexibility index (Phi) is 3.33. The molecule has 0 atom stereocenters. The van der Waals surface area contributed by atoms with Gasteiger partial charge in [-0.25, -0.2) is 0 Å². The summed E-state index contributed by atoms with van der Waals surface area (Å²) in [6, 6.07) is 16.3. The van der Waals surface area contributed by atoms with Crippen molar-refractivity contribution in [1.82, 2.24) is 19.7 Å². The molecule has 2 aromatic heterocycles. The molecule has 0 bridgehead atoms. The van der Waals surface area contributed by atoms with Crippen molar-refractivity contribution in [2.45, 2.75) is 5.16 Å². The van der Waals surface area contributed by atoms with Crippen LogP contribution in [0.25, 0.3) is 33.5 Å². The average molecular weight is 411 g/mol. The van der Waals surface area contributed by atoms with Gasteiger partial charge in [0.1, 0.15) is 0 Å². The van der Waals surface area contributed by atoms with Crippen LogP contribution in [-0.2, 0) is 0 Å². The molecule has 1 aliphatic rings. The van der Waals surface area contributed by atoms with Crippen LogP contribution in [0.3, 0.4) is 0 Å². The molecule has 3 heterocycles. The monoisotopic (exact) mass is 410 g/mol. The summed E-state index contributed by atoms with van der Waals surface area (Å²) in [6.07, 6.45) is 0. The number of nitrogens with zero attached hydrogens (tertiary/aromatic N) is 3. The number of fused-ring (bicyclic) bond motifs is 2. The fourth-order valence-electron chi connectivity index (χ4n) is 3.08. The number of aromatic amines is 1. The van der Waals surface area contributed by atoms with Crippen molar-refractivity contribution in [2.24, 2.45) is 0 Å². The largest absolute Gasteiger partial charge is 0.351 e. The first-order valence-electron chi connectivity index (χ1n) is 7.71. The van der Waals surface area contributed by atoms with Gasteiger partial charge in [-0.05, 0) is 23.8 Å². The number of carbonyl (C=O) groups excluding carboxylic acids is 1. The van der Waals surface area contributed by atoms with Crippen LogP contribution in [0.5, 0.6) is 0 Å². The molecule has 5 nitrogen and oxygen atoms in total. The Bertz CT molecular complexity index is 1130. The lowest BCUT2D eigenvalue weighted by Gasteiger charge is -2.03. The minimum atomic E-state index is -0.0288. The summed E-state index contributed by atoms with van der Waals surface area (Å²) in [5.41, 5.74) is 3.95. The second-order valence-electron chi connectivity index (χ2n) is 5.74. The molecule has 2 aromatic carbocycles. The predicted octanol–water partition coefficient (Wildman–Crippen LogP) is 4.60. The Balaban J connectivity index is 1.81. The molecule has 0 saturated heterocycles. The number of halogens is 1. The van der Waals surface area contributed by atoms with E-state index in [1.807, 2.05) is 30.3 Å². The van der Waals surface area contributed by atoms with Crippen LogP contribution in [0.15, 0.2) is 58.2 Å². The molecule has 0 amide bonds. The maximum absolute atomic E-state index is 11.9. The number of thioether (sulfide) groups is 1. The van der Waals surface area contributed by atoms with Crippen molar-refractivity contribution in [2.75, 3.05) is 5.75 Å². The lowest BCUT2D eigenvalue weighted by atomic mass is 10.0. The van der Waals surface area contributed by atoms with Gasteiger partial charge in [-0.2, -0.15) is 9.67 Å². The molecule has 0 fully saturated rings. The van der Waals surface area contributed by atoms with Crippen LogP contribution < -0.4 is 0 Å². The zero-order chi connectivity index (χ0) is 17.0. The summed E-state index contributed by atoms with van der Waals surface area (Å²) in [5.74, 6) is 0.918. The maximum atomic E-state index is 11.9. The third-order valence-electron chi connectivity index (χ3n) is 4.19. The first kappa shape index (κ1) is 14.9. The molecule has 7 heteroatoms. The standard InChI is InChI=1S/C18H11BrN4OS/c19-11-6-7-13-12(8-11)15(10-4-2-1-3-5-10)16(20-13)17-21-18-23(22-17)14(24)9-25-18/h1-8,20H,9H2. The van der Waals surface area contributed by atoms with Crippen LogP contribution in [-0.4, -0.2) is 31.4 Å². The minimum Gasteiger partial charge on any atom is -0.351 e. The van der Waals surface area contributed by atoms with E-state index in [2.05, 4.69) is 49.2 Å². The van der Waals surface area contributed by atoms with Gasteiger partial charge in [0.15, 0.2) is 11.0 Å². The van der Waals surface area contributed by atoms with E-state index in [9.17, 15) is 4.79 Å². The predicted molar refractivity (Wildman–Crippen MR) is 102 cm³/mol. The van der Waals surface area contributed by atoms with Crippen LogP contribution in [0.1, 0.15) is 4.79 Å². The topological polar surface area (TPSA) is 63.6 Å². The molecule has 0 saturated carbocycles. The SMILES string of the molecule is O=C1CSc2nc(-c3[nH]c4ccc(Br)cc4c3-c3ccccc3)nn21. The van der Waals surface area contributed by atoms with E-state index < -0.39 is 0 Å². The highest BCUT2D eigenvalue weighted by Gasteiger charge is 2.26. The quantitative estimate of drug-likeness (QED) is 0.524. The molecule has 0 spiro atoms. The molecule has 0 unspecified atom stereocenters. The molecule has 25 heavy (non-hydrogen) atoms. The molecule has 0 radical (unpaired) electrons. The molecule has 5 rings (SSSR count). The van der Waals surface area contributed by atoms with Gasteiger partial charge in [0.05, 0.1) is 11.4 Å². The van der Waals surface area contributed by atoms with Crippen molar-refractivity contribution in [3.8, 4) is 22.6 Å². The third-order valence-corrected chi connectivity index (χ3v) is 5.59. The van der Waals surface area contributed by atoms with Crippen molar-refractivity contribution < 1.29 is 4.79 Å². The summed E-state index contributed by atoms with van der Waals surface area (Å²) in [4.78, 5) is 19.9. The average Bonchev–Trinajstić information content (AvgIpc) is 3.29. The molecule has 0 aliphatic carbocycles. The summed E-state index contributed by atoms with van der Waals surface area (Å²) in [5, 5.41) is 6.18.